The first-order valence-electron chi connectivity index (χ1n) is 29.6. The van der Waals surface area contributed by atoms with Crippen molar-refractivity contribution in [2.24, 2.45) is 0 Å². The van der Waals surface area contributed by atoms with Crippen molar-refractivity contribution in [1.82, 2.24) is 69.4 Å². The van der Waals surface area contributed by atoms with Crippen LogP contribution in [0.25, 0.3) is 0 Å². The largest absolute Gasteiger partial charge is 2.00 e. The molecule has 0 bridgehead atoms. The zero-order chi connectivity index (χ0) is 77.3. The maximum atomic E-state index is 9.87. The Kier molecular flexibility index (Phi) is 30.7. The molecule has 10 rings (SSSR count). The summed E-state index contributed by atoms with van der Waals surface area (Å²) >= 11 is 0. The normalized spacial score (nSPS) is 14.2. The van der Waals surface area contributed by atoms with Crippen LogP contribution in [-0.4, -0.2) is 69.4 Å². The fourth-order valence-electron chi connectivity index (χ4n) is 8.76. The van der Waals surface area contributed by atoms with Crippen LogP contribution < -0.4 is 0 Å². The van der Waals surface area contributed by atoms with E-state index in [1.807, 2.05) is 147 Å². The maximum absolute atomic E-state index is 10.7. The second kappa shape index (κ2) is 35.2. The molecule has 10 aromatic heterocycles. The number of nitrogens with zero attached hydrogens (tertiary/aromatic N) is 14. The van der Waals surface area contributed by atoms with E-state index in [9.17, 15) is 101 Å². The molecule has 14 nitrogen and oxygen atoms in total. The first-order valence-corrected chi connectivity index (χ1v) is 37.8. The van der Waals surface area contributed by atoms with Crippen LogP contribution >= 0.6 is 31.2 Å². The van der Waals surface area contributed by atoms with Gasteiger partial charge >= 0.3 is 166 Å². The van der Waals surface area contributed by atoms with Gasteiger partial charge in [-0.15, -0.1) is 0 Å². The molecular formula is C62H62Co2F24N14P4. The Balaban J connectivity index is 0.000000399. The van der Waals surface area contributed by atoms with E-state index in [-0.39, 0.29) is 33.6 Å². The van der Waals surface area contributed by atoms with E-state index in [0.29, 0.717) is 26.2 Å². The number of pyridine rings is 10. The standard InChI is InChI=1S/2C31H31N7.2Co.4F6P/c2*1-5-16-32-26(10-1)20-37(21-27-11-2-6-17-33-27)24-30-14-9-15-31(36-30)25-38(22-28-12-3-7-18-34-28)23-29-13-4-8-19-35-29;;;4*1-7(2,3,4,5)6/h2*1-19H,20-25H2;;;;;;/q;;2*+2;4*-1. The molecule has 0 fully saturated rings. The van der Waals surface area contributed by atoms with Gasteiger partial charge in [0.2, 0.25) is 0 Å². The average Bonchev–Trinajstić information content (AvgIpc) is 0.804. The van der Waals surface area contributed by atoms with Crippen LogP contribution in [0.4, 0.5) is 101 Å². The Morgan fingerprint density at radius 1 is 0.170 bits per heavy atom. The summed E-state index contributed by atoms with van der Waals surface area (Å²) in [5, 5.41) is 0. The minimum atomic E-state index is -10.7. The summed E-state index contributed by atoms with van der Waals surface area (Å²) < 4.78 is 237. The molecule has 0 aliphatic carbocycles. The van der Waals surface area contributed by atoms with E-state index in [1.54, 1.807) is 0 Å². The Bertz CT molecular complexity index is 3470. The summed E-state index contributed by atoms with van der Waals surface area (Å²) in [6.45, 7) is 8.52. The molecule has 586 valence electrons. The molecular weight excluding hydrogens is 1640 g/mol. The molecule has 10 heterocycles. The van der Waals surface area contributed by atoms with Crippen LogP contribution in [0.15, 0.2) is 232 Å². The van der Waals surface area contributed by atoms with Crippen LogP contribution in [0.3, 0.4) is 0 Å². The zero-order valence-electron chi connectivity index (χ0n) is 54.2. The minimum Gasteiger partial charge on any atom is -0.286 e. The van der Waals surface area contributed by atoms with Gasteiger partial charge in [-0.05, 0) is 121 Å². The molecule has 0 spiro atoms. The SMILES string of the molecule is F[P-](F)(F)(F)(F)F.F[P-](F)(F)(F)(F)F.F[P-](F)(F)(F)(F)F.F[P-](F)(F)(F)(F)F.[Co+2].[Co+2].c1ccc(CN(Cc2ccccn2)Cc2cccc(CN(Cc3ccccn3)Cc3ccccn3)n2)nc1.c1ccc(CN(Cc2ccccn2)Cc2cccc(CN(Cc3ccccn3)Cc3ccccn3)n2)nc1. The van der Waals surface area contributed by atoms with Crippen molar-refractivity contribution in [3.05, 3.63) is 300 Å². The Morgan fingerprint density at radius 2 is 0.274 bits per heavy atom. The molecule has 0 unspecified atom stereocenters. The topological polar surface area (TPSA) is 142 Å². The fraction of sp³-hybridized carbons (Fsp3) is 0.194. The van der Waals surface area contributed by atoms with Gasteiger partial charge < -0.3 is 0 Å². The predicted octanol–water partition coefficient (Wildman–Crippen LogP) is 23.7. The van der Waals surface area contributed by atoms with Crippen LogP contribution in [0.1, 0.15) is 68.3 Å². The third-order valence-electron chi connectivity index (χ3n) is 12.2. The summed E-state index contributed by atoms with van der Waals surface area (Å²) in [6, 6.07) is 60.8. The third kappa shape index (κ3) is 56.7. The first kappa shape index (κ1) is 92.6. The monoisotopic (exact) mass is 1700 g/mol. The molecule has 44 heteroatoms. The van der Waals surface area contributed by atoms with E-state index < -0.39 is 31.2 Å². The van der Waals surface area contributed by atoms with E-state index >= 15 is 0 Å². The van der Waals surface area contributed by atoms with Gasteiger partial charge in [-0.2, -0.15) is 0 Å². The van der Waals surface area contributed by atoms with Crippen LogP contribution in [-0.2, 0) is 112 Å². The smallest absolute Gasteiger partial charge is 0.286 e. The maximum Gasteiger partial charge on any atom is 2.00 e. The molecule has 0 saturated carbocycles. The second-order valence-corrected chi connectivity index (χ2v) is 29.9. The molecule has 0 saturated heterocycles. The predicted molar refractivity (Wildman–Crippen MR) is 348 cm³/mol. The van der Waals surface area contributed by atoms with Gasteiger partial charge in [0.25, 0.3) is 0 Å². The van der Waals surface area contributed by atoms with Gasteiger partial charge in [-0.3, -0.25) is 69.4 Å². The number of aromatic nitrogens is 10. The van der Waals surface area contributed by atoms with Crippen molar-refractivity contribution >= 4 is 31.2 Å². The average molecular weight is 1700 g/mol. The molecule has 0 aromatic carbocycles. The number of halogens is 24. The van der Waals surface area contributed by atoms with E-state index in [1.165, 1.54) is 0 Å². The van der Waals surface area contributed by atoms with Crippen molar-refractivity contribution in [3.63, 3.8) is 0 Å². The van der Waals surface area contributed by atoms with E-state index in [4.69, 9.17) is 9.97 Å². The summed E-state index contributed by atoms with van der Waals surface area (Å²) in [5.74, 6) is 0. The Hall–Kier alpha value is -7.61. The molecule has 0 N–H and O–H groups in total. The van der Waals surface area contributed by atoms with Gasteiger partial charge in [0, 0.05) is 128 Å². The van der Waals surface area contributed by atoms with Crippen LogP contribution in [0.2, 0.25) is 0 Å². The van der Waals surface area contributed by atoms with Gasteiger partial charge in [0.1, 0.15) is 0 Å². The number of rotatable bonds is 24. The third-order valence-corrected chi connectivity index (χ3v) is 12.2. The quantitative estimate of drug-likeness (QED) is 0.0418. The molecule has 0 atom stereocenters. The minimum absolute atomic E-state index is 0. The fourth-order valence-corrected chi connectivity index (χ4v) is 8.76. The van der Waals surface area contributed by atoms with Crippen molar-refractivity contribution < 1.29 is 134 Å². The summed E-state index contributed by atoms with van der Waals surface area (Å²) in [4.78, 5) is 55.7. The molecule has 0 aliphatic rings. The molecule has 10 aromatic rings. The number of hydrogen-bond donors (Lipinski definition) is 0. The van der Waals surface area contributed by atoms with Gasteiger partial charge in [-0.25, -0.2) is 0 Å². The first-order chi connectivity index (χ1) is 47.4. The second-order valence-electron chi connectivity index (χ2n) is 22.2. The molecule has 0 amide bonds. The Labute approximate surface area is 610 Å². The van der Waals surface area contributed by atoms with Crippen molar-refractivity contribution in [2.75, 3.05) is 0 Å². The summed E-state index contributed by atoms with van der Waals surface area (Å²) in [7, 11) is -42.6. The summed E-state index contributed by atoms with van der Waals surface area (Å²) in [5.41, 5.74) is 12.3. The van der Waals surface area contributed by atoms with Crippen molar-refractivity contribution in [2.45, 2.75) is 78.5 Å². The molecule has 106 heavy (non-hydrogen) atoms. The number of hydrogen-bond acceptors (Lipinski definition) is 14. The van der Waals surface area contributed by atoms with Gasteiger partial charge in [0.05, 0.1) is 68.3 Å². The Morgan fingerprint density at radius 3 is 0.377 bits per heavy atom. The van der Waals surface area contributed by atoms with E-state index in [2.05, 4.69) is 144 Å². The van der Waals surface area contributed by atoms with Crippen molar-refractivity contribution in [1.29, 1.82) is 0 Å². The molecule has 0 aliphatic heterocycles. The van der Waals surface area contributed by atoms with Crippen LogP contribution in [0.5, 0.6) is 0 Å². The van der Waals surface area contributed by atoms with Gasteiger partial charge in [0.15, 0.2) is 0 Å². The van der Waals surface area contributed by atoms with Crippen LogP contribution in [0, 0.1) is 0 Å². The van der Waals surface area contributed by atoms with E-state index in [0.717, 1.165) is 121 Å². The summed E-state index contributed by atoms with van der Waals surface area (Å²) in [6.07, 6.45) is 14.7. The molecule has 2 radical (unpaired) electrons. The van der Waals surface area contributed by atoms with Gasteiger partial charge in [-0.1, -0.05) is 60.7 Å². The van der Waals surface area contributed by atoms with Crippen molar-refractivity contribution in [3.8, 4) is 0 Å². The zero-order valence-corrected chi connectivity index (χ0v) is 59.9.